The van der Waals surface area contributed by atoms with Crippen LogP contribution in [0, 0.1) is 5.82 Å². The molecule has 98 valence electrons. The fourth-order valence-corrected chi connectivity index (χ4v) is 2.66. The minimum atomic E-state index is -0.925. The zero-order chi connectivity index (χ0) is 13.4. The fourth-order valence-electron chi connectivity index (χ4n) is 2.48. The standard InChI is InChI=1S/C15H13ClFNO/c16-10-5-6-12(17)11(8-10)15(19)14-7-9-3-1-2-4-13(9)18-14/h1-6,8,14-15,18-19H,7H2. The van der Waals surface area contributed by atoms with Crippen LogP contribution in [0.25, 0.3) is 0 Å². The highest BCUT2D eigenvalue weighted by atomic mass is 35.5. The van der Waals surface area contributed by atoms with Crippen LogP contribution in [0.2, 0.25) is 5.02 Å². The molecule has 0 aliphatic carbocycles. The number of hydrogen-bond donors (Lipinski definition) is 2. The highest BCUT2D eigenvalue weighted by Gasteiger charge is 2.29. The fraction of sp³-hybridized carbons (Fsp3) is 0.200. The number of nitrogens with one attached hydrogen (secondary N) is 1. The second-order valence-corrected chi connectivity index (χ2v) is 5.16. The van der Waals surface area contributed by atoms with Crippen molar-refractivity contribution >= 4 is 17.3 Å². The Bertz CT molecular complexity index is 592. The third kappa shape index (κ3) is 2.31. The van der Waals surface area contributed by atoms with Crippen molar-refractivity contribution in [3.05, 3.63) is 64.4 Å². The summed E-state index contributed by atoms with van der Waals surface area (Å²) in [6, 6.07) is 11.8. The van der Waals surface area contributed by atoms with E-state index in [4.69, 9.17) is 11.6 Å². The summed E-state index contributed by atoms with van der Waals surface area (Å²) in [6.07, 6.45) is -0.255. The molecule has 0 aromatic heterocycles. The molecule has 2 unspecified atom stereocenters. The minimum Gasteiger partial charge on any atom is -0.386 e. The number of hydrogen-bond acceptors (Lipinski definition) is 2. The van der Waals surface area contributed by atoms with E-state index in [0.717, 1.165) is 11.3 Å². The summed E-state index contributed by atoms with van der Waals surface area (Å²) in [5.41, 5.74) is 2.36. The van der Waals surface area contributed by atoms with Crippen LogP contribution < -0.4 is 5.32 Å². The van der Waals surface area contributed by atoms with E-state index in [1.807, 2.05) is 24.3 Å². The predicted octanol–water partition coefficient (Wildman–Crippen LogP) is 3.55. The number of aliphatic hydroxyl groups is 1. The summed E-state index contributed by atoms with van der Waals surface area (Å²) >= 11 is 5.86. The molecule has 0 radical (unpaired) electrons. The van der Waals surface area contributed by atoms with E-state index in [9.17, 15) is 9.50 Å². The van der Waals surface area contributed by atoms with Gasteiger partial charge in [-0.3, -0.25) is 0 Å². The molecule has 19 heavy (non-hydrogen) atoms. The molecule has 0 saturated heterocycles. The Hall–Kier alpha value is -1.58. The summed E-state index contributed by atoms with van der Waals surface area (Å²) in [6.45, 7) is 0. The number of para-hydroxylation sites is 1. The number of fused-ring (bicyclic) bond motifs is 1. The van der Waals surface area contributed by atoms with Crippen LogP contribution in [0.3, 0.4) is 0 Å². The van der Waals surface area contributed by atoms with Crippen LogP contribution in [0.5, 0.6) is 0 Å². The molecule has 4 heteroatoms. The van der Waals surface area contributed by atoms with E-state index >= 15 is 0 Å². The van der Waals surface area contributed by atoms with Crippen LogP contribution in [0.1, 0.15) is 17.2 Å². The van der Waals surface area contributed by atoms with Gasteiger partial charge in [0.15, 0.2) is 0 Å². The quantitative estimate of drug-likeness (QED) is 0.880. The van der Waals surface area contributed by atoms with Crippen LogP contribution in [0.15, 0.2) is 42.5 Å². The highest BCUT2D eigenvalue weighted by Crippen LogP contribution is 2.33. The average Bonchev–Trinajstić information content (AvgIpc) is 2.84. The summed E-state index contributed by atoms with van der Waals surface area (Å²) in [5, 5.41) is 14.0. The van der Waals surface area contributed by atoms with E-state index in [1.165, 1.54) is 18.2 Å². The molecule has 1 aliphatic heterocycles. The Morgan fingerprint density at radius 3 is 2.84 bits per heavy atom. The van der Waals surface area contributed by atoms with Gasteiger partial charge in [0, 0.05) is 16.3 Å². The lowest BCUT2D eigenvalue weighted by atomic mass is 9.99. The van der Waals surface area contributed by atoms with E-state index in [2.05, 4.69) is 5.32 Å². The number of benzene rings is 2. The molecule has 2 nitrogen and oxygen atoms in total. The highest BCUT2D eigenvalue weighted by molar-refractivity contribution is 6.30. The van der Waals surface area contributed by atoms with Crippen LogP contribution in [-0.2, 0) is 6.42 Å². The molecule has 2 N–H and O–H groups in total. The Morgan fingerprint density at radius 2 is 2.05 bits per heavy atom. The van der Waals surface area contributed by atoms with Crippen molar-refractivity contribution in [2.24, 2.45) is 0 Å². The maximum absolute atomic E-state index is 13.8. The first-order valence-corrected chi connectivity index (χ1v) is 6.50. The normalized spacial score (nSPS) is 18.8. The molecular weight excluding hydrogens is 265 g/mol. The molecule has 2 aromatic carbocycles. The lowest BCUT2D eigenvalue weighted by Gasteiger charge is -2.20. The number of aliphatic hydroxyl groups excluding tert-OH is 1. The van der Waals surface area contributed by atoms with Gasteiger partial charge in [-0.1, -0.05) is 29.8 Å². The van der Waals surface area contributed by atoms with Crippen LogP contribution >= 0.6 is 11.6 Å². The first kappa shape index (κ1) is 12.5. The van der Waals surface area contributed by atoms with Gasteiger partial charge in [0.1, 0.15) is 11.9 Å². The molecule has 1 heterocycles. The van der Waals surface area contributed by atoms with Gasteiger partial charge in [-0.05, 0) is 36.2 Å². The molecule has 1 aliphatic rings. The SMILES string of the molecule is OC(c1cc(Cl)ccc1F)C1Cc2ccccc2N1. The average molecular weight is 278 g/mol. The maximum atomic E-state index is 13.8. The predicted molar refractivity (Wildman–Crippen MR) is 73.9 cm³/mol. The van der Waals surface area contributed by atoms with Gasteiger partial charge in [0.2, 0.25) is 0 Å². The third-order valence-corrected chi connectivity index (χ3v) is 3.69. The zero-order valence-corrected chi connectivity index (χ0v) is 10.9. The molecule has 2 aromatic rings. The third-order valence-electron chi connectivity index (χ3n) is 3.46. The van der Waals surface area contributed by atoms with Gasteiger partial charge in [0.05, 0.1) is 6.04 Å². The topological polar surface area (TPSA) is 32.3 Å². The second kappa shape index (κ2) is 4.83. The van der Waals surface area contributed by atoms with E-state index < -0.39 is 11.9 Å². The van der Waals surface area contributed by atoms with E-state index in [-0.39, 0.29) is 11.6 Å². The lowest BCUT2D eigenvalue weighted by molar-refractivity contribution is 0.152. The Labute approximate surface area is 115 Å². The largest absolute Gasteiger partial charge is 0.386 e. The summed E-state index contributed by atoms with van der Waals surface area (Å²) in [5.74, 6) is -0.436. The Morgan fingerprint density at radius 1 is 1.26 bits per heavy atom. The minimum absolute atomic E-state index is 0.231. The van der Waals surface area contributed by atoms with Gasteiger partial charge < -0.3 is 10.4 Å². The molecule has 3 rings (SSSR count). The van der Waals surface area contributed by atoms with Crippen LogP contribution in [0.4, 0.5) is 10.1 Å². The van der Waals surface area contributed by atoms with Crippen molar-refractivity contribution in [2.45, 2.75) is 18.6 Å². The molecule has 2 atom stereocenters. The van der Waals surface area contributed by atoms with Crippen molar-refractivity contribution in [1.29, 1.82) is 0 Å². The molecule has 0 amide bonds. The molecular formula is C15H13ClFNO. The first-order chi connectivity index (χ1) is 9.15. The summed E-state index contributed by atoms with van der Waals surface area (Å²) in [4.78, 5) is 0. The van der Waals surface area contributed by atoms with E-state index in [1.54, 1.807) is 0 Å². The van der Waals surface area contributed by atoms with Crippen molar-refractivity contribution in [2.75, 3.05) is 5.32 Å². The van der Waals surface area contributed by atoms with Gasteiger partial charge in [-0.15, -0.1) is 0 Å². The Kier molecular flexibility index (Phi) is 3.17. The lowest BCUT2D eigenvalue weighted by Crippen LogP contribution is -2.25. The molecule has 0 saturated carbocycles. The van der Waals surface area contributed by atoms with Crippen molar-refractivity contribution in [1.82, 2.24) is 0 Å². The van der Waals surface area contributed by atoms with Gasteiger partial charge in [-0.2, -0.15) is 0 Å². The number of halogens is 2. The maximum Gasteiger partial charge on any atom is 0.129 e. The molecule has 0 spiro atoms. The van der Waals surface area contributed by atoms with Gasteiger partial charge >= 0.3 is 0 Å². The molecule has 0 bridgehead atoms. The van der Waals surface area contributed by atoms with Crippen molar-refractivity contribution < 1.29 is 9.50 Å². The van der Waals surface area contributed by atoms with Crippen molar-refractivity contribution in [3.63, 3.8) is 0 Å². The summed E-state index contributed by atoms with van der Waals surface area (Å²) in [7, 11) is 0. The van der Waals surface area contributed by atoms with E-state index in [0.29, 0.717) is 11.4 Å². The zero-order valence-electron chi connectivity index (χ0n) is 10.1. The van der Waals surface area contributed by atoms with Gasteiger partial charge in [-0.25, -0.2) is 4.39 Å². The monoisotopic (exact) mass is 277 g/mol. The second-order valence-electron chi connectivity index (χ2n) is 4.72. The number of anilines is 1. The Balaban J connectivity index is 1.87. The smallest absolute Gasteiger partial charge is 0.129 e. The first-order valence-electron chi connectivity index (χ1n) is 6.12. The molecule has 0 fully saturated rings. The van der Waals surface area contributed by atoms with Crippen LogP contribution in [-0.4, -0.2) is 11.1 Å². The summed E-state index contributed by atoms with van der Waals surface area (Å²) < 4.78 is 13.8. The number of rotatable bonds is 2. The van der Waals surface area contributed by atoms with Gasteiger partial charge in [0.25, 0.3) is 0 Å². The van der Waals surface area contributed by atoms with Crippen molar-refractivity contribution in [3.8, 4) is 0 Å².